The molecule has 9 heteroatoms. The fraction of sp³-hybridized carbons (Fsp3) is 0.400. The number of ether oxygens (including phenoxy) is 1. The molecular weight excluding hydrogens is 264 g/mol. The summed E-state index contributed by atoms with van der Waals surface area (Å²) < 4.78 is 29.7. The average molecular weight is 275 g/mol. The number of hydrogen-bond donors (Lipinski definition) is 1. The molecule has 1 aromatic rings. The molecule has 0 saturated carbocycles. The number of alkyl halides is 2. The zero-order chi connectivity index (χ0) is 14.6. The van der Waals surface area contributed by atoms with Crippen molar-refractivity contribution in [3.63, 3.8) is 0 Å². The van der Waals surface area contributed by atoms with Gasteiger partial charge in [-0.1, -0.05) is 0 Å². The second-order valence-corrected chi connectivity index (χ2v) is 3.47. The third kappa shape index (κ3) is 3.57. The molecule has 7 nitrogen and oxygen atoms in total. The van der Waals surface area contributed by atoms with E-state index in [0.717, 1.165) is 6.07 Å². The minimum atomic E-state index is -2.94. The van der Waals surface area contributed by atoms with Gasteiger partial charge in [-0.05, 0) is 13.0 Å². The van der Waals surface area contributed by atoms with Gasteiger partial charge >= 0.3 is 11.7 Å². The minimum absolute atomic E-state index is 0.0661. The first-order valence-corrected chi connectivity index (χ1v) is 5.24. The van der Waals surface area contributed by atoms with Crippen LogP contribution >= 0.6 is 0 Å². The molecule has 0 fully saturated rings. The largest absolute Gasteiger partial charge is 0.466 e. The Labute approximate surface area is 106 Å². The Bertz CT molecular complexity index is 508. The summed E-state index contributed by atoms with van der Waals surface area (Å²) >= 11 is 0. The van der Waals surface area contributed by atoms with Gasteiger partial charge < -0.3 is 10.5 Å². The Hall–Kier alpha value is -2.32. The van der Waals surface area contributed by atoms with Crippen LogP contribution in [0, 0.1) is 10.1 Å². The quantitative estimate of drug-likeness (QED) is 0.497. The van der Waals surface area contributed by atoms with Crippen molar-refractivity contribution in [3.05, 3.63) is 27.6 Å². The van der Waals surface area contributed by atoms with Crippen molar-refractivity contribution >= 4 is 17.3 Å². The smallest absolute Gasteiger partial charge is 0.314 e. The molecule has 1 heterocycles. The van der Waals surface area contributed by atoms with E-state index >= 15 is 0 Å². The molecule has 0 aliphatic rings. The molecule has 104 valence electrons. The van der Waals surface area contributed by atoms with Gasteiger partial charge in [-0.25, -0.2) is 13.8 Å². The van der Waals surface area contributed by atoms with Crippen LogP contribution in [0.5, 0.6) is 0 Å². The second-order valence-electron chi connectivity index (χ2n) is 3.47. The van der Waals surface area contributed by atoms with E-state index in [1.165, 1.54) is 0 Å². The van der Waals surface area contributed by atoms with Gasteiger partial charge in [0.15, 0.2) is 0 Å². The SMILES string of the molecule is CCOC(=O)Cc1nc(C(F)F)cc(N)c1[N+](=O)[O-]. The molecule has 0 saturated heterocycles. The summed E-state index contributed by atoms with van der Waals surface area (Å²) in [5.74, 6) is -0.802. The highest BCUT2D eigenvalue weighted by Gasteiger charge is 2.25. The number of halogens is 2. The number of carbonyl (C=O) groups excluding carboxylic acids is 1. The maximum absolute atomic E-state index is 12.5. The molecule has 0 aliphatic carbocycles. The molecule has 0 aromatic carbocycles. The highest BCUT2D eigenvalue weighted by molar-refractivity contribution is 5.75. The second kappa shape index (κ2) is 6.03. The number of carbonyl (C=O) groups is 1. The first kappa shape index (κ1) is 14.7. The molecular formula is C10H11F2N3O4. The zero-order valence-corrected chi connectivity index (χ0v) is 9.93. The number of nitrogens with zero attached hydrogens (tertiary/aromatic N) is 2. The number of nitrogens with two attached hydrogens (primary N) is 1. The Morgan fingerprint density at radius 1 is 1.63 bits per heavy atom. The van der Waals surface area contributed by atoms with E-state index in [2.05, 4.69) is 9.72 Å². The summed E-state index contributed by atoms with van der Waals surface area (Å²) in [7, 11) is 0. The number of rotatable bonds is 5. The van der Waals surface area contributed by atoms with Gasteiger partial charge in [0, 0.05) is 0 Å². The molecule has 0 bridgehead atoms. The van der Waals surface area contributed by atoms with Crippen LogP contribution in [0.2, 0.25) is 0 Å². The fourth-order valence-electron chi connectivity index (χ4n) is 1.43. The molecule has 1 aromatic heterocycles. The van der Waals surface area contributed by atoms with Gasteiger partial charge in [0.1, 0.15) is 17.1 Å². The number of nitro groups is 1. The summed E-state index contributed by atoms with van der Waals surface area (Å²) in [6, 6.07) is 0.720. The Morgan fingerprint density at radius 3 is 2.74 bits per heavy atom. The van der Waals surface area contributed by atoms with Crippen molar-refractivity contribution in [3.8, 4) is 0 Å². The first-order chi connectivity index (χ1) is 8.86. The van der Waals surface area contributed by atoms with Crippen LogP contribution in [0.3, 0.4) is 0 Å². The van der Waals surface area contributed by atoms with Crippen LogP contribution in [-0.2, 0) is 16.0 Å². The van der Waals surface area contributed by atoms with Crippen LogP contribution in [0.25, 0.3) is 0 Å². The Balaban J connectivity index is 3.24. The third-order valence-corrected chi connectivity index (χ3v) is 2.14. The van der Waals surface area contributed by atoms with E-state index in [0.29, 0.717) is 0 Å². The summed E-state index contributed by atoms with van der Waals surface area (Å²) in [6.45, 7) is 1.61. The maximum atomic E-state index is 12.5. The van der Waals surface area contributed by atoms with Gasteiger partial charge in [0.25, 0.3) is 6.43 Å². The number of aromatic nitrogens is 1. The van der Waals surface area contributed by atoms with Gasteiger partial charge in [-0.2, -0.15) is 0 Å². The first-order valence-electron chi connectivity index (χ1n) is 5.24. The van der Waals surface area contributed by atoms with Crippen LogP contribution in [-0.4, -0.2) is 22.5 Å². The van der Waals surface area contributed by atoms with Crippen molar-refractivity contribution in [1.82, 2.24) is 4.98 Å². The van der Waals surface area contributed by atoms with E-state index in [1.54, 1.807) is 6.92 Å². The lowest BCUT2D eigenvalue weighted by molar-refractivity contribution is -0.384. The Kier molecular flexibility index (Phi) is 4.67. The topological polar surface area (TPSA) is 108 Å². The highest BCUT2D eigenvalue weighted by atomic mass is 19.3. The predicted molar refractivity (Wildman–Crippen MR) is 60.6 cm³/mol. The predicted octanol–water partition coefficient (Wildman–Crippen LogP) is 1.62. The lowest BCUT2D eigenvalue weighted by Crippen LogP contribution is -2.13. The molecule has 0 spiro atoms. The van der Waals surface area contributed by atoms with Crippen molar-refractivity contribution in [2.24, 2.45) is 0 Å². The molecule has 0 atom stereocenters. The van der Waals surface area contributed by atoms with E-state index in [4.69, 9.17) is 5.73 Å². The summed E-state index contributed by atoms with van der Waals surface area (Å²) in [4.78, 5) is 24.6. The van der Waals surface area contributed by atoms with Crippen molar-refractivity contribution in [2.75, 3.05) is 12.3 Å². The molecule has 0 unspecified atom stereocenters. The minimum Gasteiger partial charge on any atom is -0.466 e. The van der Waals surface area contributed by atoms with Gasteiger partial charge in [-0.3, -0.25) is 14.9 Å². The van der Waals surface area contributed by atoms with Gasteiger partial charge in [-0.15, -0.1) is 0 Å². The van der Waals surface area contributed by atoms with E-state index < -0.39 is 46.5 Å². The third-order valence-electron chi connectivity index (χ3n) is 2.14. The maximum Gasteiger partial charge on any atom is 0.314 e. The molecule has 2 N–H and O–H groups in total. The number of anilines is 1. The Morgan fingerprint density at radius 2 is 2.26 bits per heavy atom. The number of pyridine rings is 1. The van der Waals surface area contributed by atoms with Gasteiger partial charge in [0.05, 0.1) is 18.0 Å². The summed E-state index contributed by atoms with van der Waals surface area (Å²) in [6.07, 6.45) is -3.53. The van der Waals surface area contributed by atoms with E-state index in [9.17, 15) is 23.7 Å². The molecule has 0 aliphatic heterocycles. The number of esters is 1. The number of hydrogen-bond acceptors (Lipinski definition) is 6. The van der Waals surface area contributed by atoms with Crippen molar-refractivity contribution in [2.45, 2.75) is 19.8 Å². The van der Waals surface area contributed by atoms with Crippen molar-refractivity contribution in [1.29, 1.82) is 0 Å². The van der Waals surface area contributed by atoms with E-state index in [-0.39, 0.29) is 6.61 Å². The van der Waals surface area contributed by atoms with Crippen molar-refractivity contribution < 1.29 is 23.2 Å². The van der Waals surface area contributed by atoms with Gasteiger partial charge in [0.2, 0.25) is 0 Å². The van der Waals surface area contributed by atoms with Crippen LogP contribution < -0.4 is 5.73 Å². The summed E-state index contributed by atoms with van der Waals surface area (Å²) in [5, 5.41) is 10.8. The van der Waals surface area contributed by atoms with Crippen LogP contribution in [0.4, 0.5) is 20.2 Å². The van der Waals surface area contributed by atoms with Crippen LogP contribution in [0.1, 0.15) is 24.7 Å². The van der Waals surface area contributed by atoms with E-state index in [1.807, 2.05) is 0 Å². The lowest BCUT2D eigenvalue weighted by atomic mass is 10.2. The molecule has 0 radical (unpaired) electrons. The normalized spacial score (nSPS) is 10.5. The monoisotopic (exact) mass is 275 g/mol. The number of nitrogen functional groups attached to an aromatic ring is 1. The average Bonchev–Trinajstić information content (AvgIpc) is 2.27. The molecule has 19 heavy (non-hydrogen) atoms. The van der Waals surface area contributed by atoms with Crippen LogP contribution in [0.15, 0.2) is 6.07 Å². The summed E-state index contributed by atoms with van der Waals surface area (Å²) in [5.41, 5.74) is 3.07. The molecule has 1 rings (SSSR count). The zero-order valence-electron chi connectivity index (χ0n) is 9.93. The lowest BCUT2D eigenvalue weighted by Gasteiger charge is -2.07. The highest BCUT2D eigenvalue weighted by Crippen LogP contribution is 2.29. The standard InChI is InChI=1S/C10H11F2N3O4/c1-2-19-8(16)4-6-9(15(17)18)5(13)3-7(14-6)10(11)12/h3,10H,2,4H2,1H3,(H2,13,14). The fourth-order valence-corrected chi connectivity index (χ4v) is 1.43. The molecule has 0 amide bonds.